The molecule has 1 rings (SSSR count). The SMILES string of the molecule is CO[C@H]1[C@@H](O)[C@H](OP(=O)(O)O)[C@@H](OP(=O)(O)O)[C@H](OP(=O)(O)O)[C@H]1OP(=O)(O)O. The maximum Gasteiger partial charge on any atom is 0.470 e. The zero-order valence-electron chi connectivity index (χ0n) is 14.0. The first-order chi connectivity index (χ1) is 12.7. The van der Waals surface area contributed by atoms with E-state index in [1.54, 1.807) is 0 Å². The molecule has 0 aromatic heterocycles. The normalized spacial score (nSPS) is 32.3. The summed E-state index contributed by atoms with van der Waals surface area (Å²) in [5.41, 5.74) is 0. The summed E-state index contributed by atoms with van der Waals surface area (Å²) in [6.45, 7) is 0. The number of hydrogen-bond acceptors (Lipinski definition) is 10. The van der Waals surface area contributed by atoms with Crippen molar-refractivity contribution in [3.63, 3.8) is 0 Å². The highest BCUT2D eigenvalue weighted by atomic mass is 31.2. The first-order valence-corrected chi connectivity index (χ1v) is 13.0. The first-order valence-electron chi connectivity index (χ1n) is 6.91. The van der Waals surface area contributed by atoms with Gasteiger partial charge in [-0.2, -0.15) is 0 Å². The van der Waals surface area contributed by atoms with Crippen LogP contribution < -0.4 is 0 Å². The minimum absolute atomic E-state index is 0.789. The molecular weight excluding hydrogens is 496 g/mol. The predicted octanol–water partition coefficient (Wildman–Crippen LogP) is -2.71. The summed E-state index contributed by atoms with van der Waals surface area (Å²) >= 11 is 0. The fraction of sp³-hybridized carbons (Fsp3) is 1.00. The predicted molar refractivity (Wildman–Crippen MR) is 84.5 cm³/mol. The number of methoxy groups -OCH3 is 1. The molecule has 6 atom stereocenters. The van der Waals surface area contributed by atoms with Crippen LogP contribution in [0.15, 0.2) is 0 Å². The molecule has 0 bridgehead atoms. The fourth-order valence-corrected chi connectivity index (χ4v) is 4.76. The molecule has 0 heterocycles. The van der Waals surface area contributed by atoms with Gasteiger partial charge in [-0.05, 0) is 0 Å². The minimum Gasteiger partial charge on any atom is -0.387 e. The van der Waals surface area contributed by atoms with Gasteiger partial charge in [-0.1, -0.05) is 0 Å². The van der Waals surface area contributed by atoms with Crippen LogP contribution in [0.5, 0.6) is 0 Å². The fourth-order valence-electron chi connectivity index (χ4n) is 2.53. The van der Waals surface area contributed by atoms with E-state index >= 15 is 0 Å². The van der Waals surface area contributed by atoms with Gasteiger partial charge in [0.05, 0.1) is 0 Å². The molecule has 22 heteroatoms. The molecule has 0 amide bonds. The van der Waals surface area contributed by atoms with Gasteiger partial charge in [-0.25, -0.2) is 18.3 Å². The molecule has 0 unspecified atom stereocenters. The summed E-state index contributed by atoms with van der Waals surface area (Å²) in [5, 5.41) is 10.2. The monoisotopic (exact) mass is 514 g/mol. The van der Waals surface area contributed by atoms with Crippen molar-refractivity contribution in [1.29, 1.82) is 0 Å². The Hall–Kier alpha value is 0.360. The first kappa shape index (κ1) is 27.4. The maximum atomic E-state index is 11.3. The lowest BCUT2D eigenvalue weighted by Gasteiger charge is -2.46. The lowest BCUT2D eigenvalue weighted by Crippen LogP contribution is -2.66. The Labute approximate surface area is 161 Å². The van der Waals surface area contributed by atoms with Gasteiger partial charge in [0.15, 0.2) is 0 Å². The van der Waals surface area contributed by atoms with Crippen LogP contribution in [0.4, 0.5) is 0 Å². The van der Waals surface area contributed by atoms with E-state index in [9.17, 15) is 23.4 Å². The minimum atomic E-state index is -5.64. The average Bonchev–Trinajstić information content (AvgIpc) is 2.42. The summed E-state index contributed by atoms with van der Waals surface area (Å²) in [6, 6.07) is 0. The van der Waals surface area contributed by atoms with Crippen LogP contribution in [0, 0.1) is 0 Å². The van der Waals surface area contributed by atoms with Gasteiger partial charge in [0.1, 0.15) is 36.6 Å². The van der Waals surface area contributed by atoms with E-state index in [1.165, 1.54) is 0 Å². The number of aliphatic hydroxyl groups excluding tert-OH is 1. The van der Waals surface area contributed by atoms with Crippen molar-refractivity contribution < 1.29 is 85.3 Å². The van der Waals surface area contributed by atoms with Crippen LogP contribution in [0.1, 0.15) is 0 Å². The van der Waals surface area contributed by atoms with E-state index in [1.807, 2.05) is 0 Å². The highest BCUT2D eigenvalue weighted by Crippen LogP contribution is 2.53. The van der Waals surface area contributed by atoms with Crippen LogP contribution in [0.2, 0.25) is 0 Å². The molecule has 0 saturated heterocycles. The van der Waals surface area contributed by atoms with Gasteiger partial charge in [0, 0.05) is 7.11 Å². The van der Waals surface area contributed by atoms with Crippen molar-refractivity contribution in [2.24, 2.45) is 0 Å². The van der Waals surface area contributed by atoms with E-state index in [-0.39, 0.29) is 0 Å². The quantitative estimate of drug-likeness (QED) is 0.141. The number of phosphoric acid groups is 4. The number of rotatable bonds is 9. The molecule has 0 aliphatic heterocycles. The highest BCUT2D eigenvalue weighted by molar-refractivity contribution is 7.47. The molecule has 1 fully saturated rings. The third kappa shape index (κ3) is 9.17. The van der Waals surface area contributed by atoms with Gasteiger partial charge in [0.25, 0.3) is 0 Å². The highest BCUT2D eigenvalue weighted by Gasteiger charge is 2.59. The molecule has 0 radical (unpaired) electrons. The molecule has 29 heavy (non-hydrogen) atoms. The van der Waals surface area contributed by atoms with Gasteiger partial charge in [-0.3, -0.25) is 18.1 Å². The molecular formula is C7H18O18P4. The Balaban J connectivity index is 3.61. The number of aliphatic hydroxyl groups is 1. The van der Waals surface area contributed by atoms with Crippen LogP contribution in [0.3, 0.4) is 0 Å². The summed E-state index contributed by atoms with van der Waals surface area (Å²) in [4.78, 5) is 72.1. The zero-order valence-corrected chi connectivity index (χ0v) is 17.5. The van der Waals surface area contributed by atoms with Crippen LogP contribution >= 0.6 is 31.3 Å². The van der Waals surface area contributed by atoms with Crippen LogP contribution in [-0.4, -0.2) is 88.0 Å². The molecule has 9 N–H and O–H groups in total. The second-order valence-corrected chi connectivity index (χ2v) is 10.2. The largest absolute Gasteiger partial charge is 0.470 e. The van der Waals surface area contributed by atoms with Crippen molar-refractivity contribution >= 4 is 31.3 Å². The number of hydrogen-bond donors (Lipinski definition) is 9. The van der Waals surface area contributed by atoms with Gasteiger partial charge in [-0.15, -0.1) is 0 Å². The van der Waals surface area contributed by atoms with Crippen LogP contribution in [-0.2, 0) is 41.1 Å². The molecule has 174 valence electrons. The maximum absolute atomic E-state index is 11.3. The van der Waals surface area contributed by atoms with E-state index in [4.69, 9.17) is 43.9 Å². The number of ether oxygens (including phenoxy) is 1. The van der Waals surface area contributed by atoms with Crippen molar-refractivity contribution in [3.05, 3.63) is 0 Å². The second kappa shape index (κ2) is 9.46. The van der Waals surface area contributed by atoms with Gasteiger partial charge >= 0.3 is 31.3 Å². The third-order valence-electron chi connectivity index (χ3n) is 3.28. The zero-order chi connectivity index (χ0) is 23.0. The van der Waals surface area contributed by atoms with Crippen molar-refractivity contribution in [1.82, 2.24) is 0 Å². The van der Waals surface area contributed by atoms with Crippen LogP contribution in [0.25, 0.3) is 0 Å². The summed E-state index contributed by atoms with van der Waals surface area (Å²) in [5.74, 6) is 0. The summed E-state index contributed by atoms with van der Waals surface area (Å²) in [6.07, 6.45) is -14.5. The third-order valence-corrected chi connectivity index (χ3v) is 5.35. The smallest absolute Gasteiger partial charge is 0.387 e. The lowest BCUT2D eigenvalue weighted by atomic mass is 9.85. The Morgan fingerprint density at radius 1 is 0.517 bits per heavy atom. The van der Waals surface area contributed by atoms with E-state index in [2.05, 4.69) is 18.1 Å². The molecule has 1 saturated carbocycles. The van der Waals surface area contributed by atoms with E-state index in [0.29, 0.717) is 0 Å². The van der Waals surface area contributed by atoms with Crippen molar-refractivity contribution in [2.75, 3.05) is 7.11 Å². The Kier molecular flexibility index (Phi) is 8.94. The molecule has 0 spiro atoms. The molecule has 1 aliphatic carbocycles. The average molecular weight is 514 g/mol. The Morgan fingerprint density at radius 3 is 1.03 bits per heavy atom. The van der Waals surface area contributed by atoms with Crippen molar-refractivity contribution in [3.8, 4) is 0 Å². The summed E-state index contributed by atoms with van der Waals surface area (Å²) in [7, 11) is -21.5. The standard InChI is InChI=1S/C7H18O18P4/c1-21-3-2(8)4(22-26(9,10)11)6(24-28(15,16)17)7(25-29(18,19)20)5(3)23-27(12,13)14/h2-8H,1H3,(H2,9,10,11)(H2,12,13,14)(H2,15,16,17)(H2,18,19,20)/t2-,3+,4+,5+,6-,7-/m1/s1. The van der Waals surface area contributed by atoms with Gasteiger partial charge < -0.3 is 49.0 Å². The van der Waals surface area contributed by atoms with E-state index < -0.39 is 67.9 Å². The van der Waals surface area contributed by atoms with Crippen molar-refractivity contribution in [2.45, 2.75) is 36.6 Å². The molecule has 1 aliphatic rings. The molecule has 18 nitrogen and oxygen atoms in total. The van der Waals surface area contributed by atoms with E-state index in [0.717, 1.165) is 7.11 Å². The second-order valence-electron chi connectivity index (χ2n) is 5.43. The molecule has 0 aromatic rings. The number of phosphoric ester groups is 4. The van der Waals surface area contributed by atoms with Gasteiger partial charge in [0.2, 0.25) is 0 Å². The topological polar surface area (TPSA) is 296 Å². The molecule has 0 aromatic carbocycles. The Bertz CT molecular complexity index is 743. The summed E-state index contributed by atoms with van der Waals surface area (Å²) < 4.78 is 66.5. The lowest BCUT2D eigenvalue weighted by molar-refractivity contribution is -0.215. The Morgan fingerprint density at radius 2 is 0.759 bits per heavy atom.